The van der Waals surface area contributed by atoms with Crippen molar-refractivity contribution in [2.75, 3.05) is 18.0 Å². The molecule has 3 rings (SSSR count). The van der Waals surface area contributed by atoms with Gasteiger partial charge in [-0.1, -0.05) is 48.5 Å². The second-order valence-corrected chi connectivity index (χ2v) is 5.96. The van der Waals surface area contributed by atoms with Crippen LogP contribution in [0, 0.1) is 0 Å². The van der Waals surface area contributed by atoms with E-state index < -0.39 is 0 Å². The molecule has 1 heterocycles. The number of anilines is 1. The number of para-hydroxylation sites is 1. The van der Waals surface area contributed by atoms with Crippen LogP contribution in [0.1, 0.15) is 24.0 Å². The lowest BCUT2D eigenvalue weighted by Gasteiger charge is -2.33. The first kappa shape index (κ1) is 14.2. The summed E-state index contributed by atoms with van der Waals surface area (Å²) < 4.78 is 0. The highest BCUT2D eigenvalue weighted by Crippen LogP contribution is 2.26. The number of benzene rings is 2. The van der Waals surface area contributed by atoms with E-state index >= 15 is 0 Å². The van der Waals surface area contributed by atoms with Gasteiger partial charge in [-0.05, 0) is 42.9 Å². The Kier molecular flexibility index (Phi) is 4.56. The van der Waals surface area contributed by atoms with Crippen LogP contribution >= 0.6 is 0 Å². The summed E-state index contributed by atoms with van der Waals surface area (Å²) in [5.74, 6) is 0. The van der Waals surface area contributed by atoms with E-state index in [9.17, 15) is 0 Å². The topological polar surface area (TPSA) is 29.3 Å². The zero-order valence-electron chi connectivity index (χ0n) is 12.5. The van der Waals surface area contributed by atoms with E-state index in [4.69, 9.17) is 5.73 Å². The minimum atomic E-state index is 0.233. The van der Waals surface area contributed by atoms with Crippen LogP contribution in [-0.2, 0) is 12.8 Å². The van der Waals surface area contributed by atoms with Crippen LogP contribution in [0.2, 0.25) is 0 Å². The fourth-order valence-electron chi connectivity index (χ4n) is 3.17. The first-order valence-electron chi connectivity index (χ1n) is 7.95. The fourth-order valence-corrected chi connectivity index (χ4v) is 3.17. The molecule has 0 bridgehead atoms. The molecule has 1 unspecified atom stereocenters. The number of nitrogens with zero attached hydrogens (tertiary/aromatic N) is 1. The number of fused-ring (bicyclic) bond motifs is 1. The molecule has 0 spiro atoms. The Hall–Kier alpha value is -1.80. The van der Waals surface area contributed by atoms with E-state index in [0.717, 1.165) is 25.9 Å². The summed E-state index contributed by atoms with van der Waals surface area (Å²) in [5, 5.41) is 0. The molecule has 2 heteroatoms. The van der Waals surface area contributed by atoms with E-state index in [1.165, 1.54) is 29.7 Å². The maximum absolute atomic E-state index is 6.37. The molecular formula is C19H24N2. The second-order valence-electron chi connectivity index (χ2n) is 5.96. The molecule has 110 valence electrons. The third kappa shape index (κ3) is 3.64. The largest absolute Gasteiger partial charge is 0.370 e. The first-order valence-corrected chi connectivity index (χ1v) is 7.95. The van der Waals surface area contributed by atoms with Gasteiger partial charge in [0.05, 0.1) is 0 Å². The zero-order valence-corrected chi connectivity index (χ0v) is 12.5. The van der Waals surface area contributed by atoms with Crippen molar-refractivity contribution >= 4 is 5.69 Å². The van der Waals surface area contributed by atoms with Gasteiger partial charge in [-0.3, -0.25) is 0 Å². The van der Waals surface area contributed by atoms with Gasteiger partial charge in [0.15, 0.2) is 0 Å². The standard InChI is InChI=1S/C19H24N2/c20-18(13-12-16-7-2-1-3-8-16)15-21-14-6-10-17-9-4-5-11-19(17)21/h1-5,7-9,11,18H,6,10,12-15,20H2. The number of nitrogens with two attached hydrogens (primary N) is 1. The van der Waals surface area contributed by atoms with E-state index in [1.807, 2.05) is 0 Å². The maximum Gasteiger partial charge on any atom is 0.0399 e. The smallest absolute Gasteiger partial charge is 0.0399 e. The highest BCUT2D eigenvalue weighted by atomic mass is 15.1. The molecule has 21 heavy (non-hydrogen) atoms. The van der Waals surface area contributed by atoms with Gasteiger partial charge in [-0.15, -0.1) is 0 Å². The highest BCUT2D eigenvalue weighted by molar-refractivity contribution is 5.55. The predicted molar refractivity (Wildman–Crippen MR) is 89.7 cm³/mol. The van der Waals surface area contributed by atoms with E-state index in [-0.39, 0.29) is 6.04 Å². The van der Waals surface area contributed by atoms with Crippen molar-refractivity contribution in [2.45, 2.75) is 31.7 Å². The van der Waals surface area contributed by atoms with Crippen LogP contribution in [-0.4, -0.2) is 19.1 Å². The Labute approximate surface area is 127 Å². The summed E-state index contributed by atoms with van der Waals surface area (Å²) in [4.78, 5) is 2.47. The van der Waals surface area contributed by atoms with Crippen molar-refractivity contribution in [2.24, 2.45) is 5.73 Å². The van der Waals surface area contributed by atoms with Gasteiger partial charge in [0.25, 0.3) is 0 Å². The molecule has 0 fully saturated rings. The number of hydrogen-bond donors (Lipinski definition) is 1. The first-order chi connectivity index (χ1) is 10.3. The Morgan fingerprint density at radius 1 is 1.00 bits per heavy atom. The van der Waals surface area contributed by atoms with Crippen molar-refractivity contribution in [1.82, 2.24) is 0 Å². The molecule has 2 nitrogen and oxygen atoms in total. The molecule has 0 aromatic heterocycles. The number of hydrogen-bond acceptors (Lipinski definition) is 2. The third-order valence-electron chi connectivity index (χ3n) is 4.31. The quantitative estimate of drug-likeness (QED) is 0.909. The van der Waals surface area contributed by atoms with Gasteiger partial charge in [-0.25, -0.2) is 0 Å². The van der Waals surface area contributed by atoms with Crippen molar-refractivity contribution < 1.29 is 0 Å². The fraction of sp³-hybridized carbons (Fsp3) is 0.368. The molecule has 0 saturated heterocycles. The average Bonchev–Trinajstić information content (AvgIpc) is 2.54. The monoisotopic (exact) mass is 280 g/mol. The Morgan fingerprint density at radius 3 is 2.62 bits per heavy atom. The van der Waals surface area contributed by atoms with E-state index in [2.05, 4.69) is 59.5 Å². The summed E-state index contributed by atoms with van der Waals surface area (Å²) in [6.07, 6.45) is 4.55. The number of rotatable bonds is 5. The van der Waals surface area contributed by atoms with Crippen LogP contribution < -0.4 is 10.6 Å². The Bertz CT molecular complexity index is 565. The van der Waals surface area contributed by atoms with Crippen molar-refractivity contribution in [3.8, 4) is 0 Å². The molecule has 2 aromatic carbocycles. The summed E-state index contributed by atoms with van der Waals surface area (Å²) in [6, 6.07) is 19.6. The number of aryl methyl sites for hydroxylation is 2. The Balaban J connectivity index is 1.57. The van der Waals surface area contributed by atoms with Crippen LogP contribution in [0.5, 0.6) is 0 Å². The normalized spacial score (nSPS) is 15.6. The minimum absolute atomic E-state index is 0.233. The minimum Gasteiger partial charge on any atom is -0.370 e. The average molecular weight is 280 g/mol. The Morgan fingerprint density at radius 2 is 1.76 bits per heavy atom. The predicted octanol–water partition coefficient (Wildman–Crippen LogP) is 3.40. The third-order valence-corrected chi connectivity index (χ3v) is 4.31. The molecule has 0 aliphatic carbocycles. The van der Waals surface area contributed by atoms with Gasteiger partial charge < -0.3 is 10.6 Å². The molecule has 1 aliphatic rings. The van der Waals surface area contributed by atoms with Crippen molar-refractivity contribution in [1.29, 1.82) is 0 Å². The van der Waals surface area contributed by atoms with Crippen molar-refractivity contribution in [3.63, 3.8) is 0 Å². The summed E-state index contributed by atoms with van der Waals surface area (Å²) in [7, 11) is 0. The SMILES string of the molecule is NC(CCc1ccccc1)CN1CCCc2ccccc21. The molecule has 1 aliphatic heterocycles. The van der Waals surface area contributed by atoms with Crippen molar-refractivity contribution in [3.05, 3.63) is 65.7 Å². The lowest BCUT2D eigenvalue weighted by Crippen LogP contribution is -2.40. The van der Waals surface area contributed by atoms with E-state index in [1.54, 1.807) is 0 Å². The van der Waals surface area contributed by atoms with Gasteiger partial charge in [0.2, 0.25) is 0 Å². The molecule has 1 atom stereocenters. The molecular weight excluding hydrogens is 256 g/mol. The van der Waals surface area contributed by atoms with Gasteiger partial charge in [0, 0.05) is 24.8 Å². The molecule has 0 amide bonds. The van der Waals surface area contributed by atoms with E-state index in [0.29, 0.717) is 0 Å². The van der Waals surface area contributed by atoms with Crippen LogP contribution in [0.4, 0.5) is 5.69 Å². The summed E-state index contributed by atoms with van der Waals surface area (Å²) >= 11 is 0. The molecule has 0 saturated carbocycles. The maximum atomic E-state index is 6.37. The van der Waals surface area contributed by atoms with Gasteiger partial charge >= 0.3 is 0 Å². The molecule has 2 aromatic rings. The zero-order chi connectivity index (χ0) is 14.5. The highest BCUT2D eigenvalue weighted by Gasteiger charge is 2.18. The molecule has 0 radical (unpaired) electrons. The van der Waals surface area contributed by atoms with Gasteiger partial charge in [0.1, 0.15) is 0 Å². The van der Waals surface area contributed by atoms with Gasteiger partial charge in [-0.2, -0.15) is 0 Å². The lowest BCUT2D eigenvalue weighted by molar-refractivity contribution is 0.571. The summed E-state index contributed by atoms with van der Waals surface area (Å²) in [5.41, 5.74) is 10.6. The summed E-state index contributed by atoms with van der Waals surface area (Å²) in [6.45, 7) is 2.10. The lowest BCUT2D eigenvalue weighted by atomic mass is 10.00. The molecule has 2 N–H and O–H groups in total. The van der Waals surface area contributed by atoms with Crippen LogP contribution in [0.3, 0.4) is 0 Å². The second kappa shape index (κ2) is 6.77. The van der Waals surface area contributed by atoms with Crippen LogP contribution in [0.15, 0.2) is 54.6 Å². The van der Waals surface area contributed by atoms with Crippen LogP contribution in [0.25, 0.3) is 0 Å².